The third kappa shape index (κ3) is 2.88. The number of pyridine rings is 1. The van der Waals surface area contributed by atoms with Gasteiger partial charge in [-0.2, -0.15) is 0 Å². The fourth-order valence-corrected chi connectivity index (χ4v) is 2.22. The molecule has 0 aliphatic rings. The number of nitrogens with one attached hydrogen (secondary N) is 1. The minimum Gasteiger partial charge on any atom is -0.444 e. The van der Waals surface area contributed by atoms with Crippen molar-refractivity contribution in [3.8, 4) is 0 Å². The van der Waals surface area contributed by atoms with Crippen molar-refractivity contribution >= 4 is 45.1 Å². The van der Waals surface area contributed by atoms with Crippen LogP contribution in [-0.4, -0.2) is 21.7 Å². The topological polar surface area (TPSA) is 64.1 Å². The second-order valence-corrected chi connectivity index (χ2v) is 5.83. The van der Waals surface area contributed by atoms with Gasteiger partial charge >= 0.3 is 6.09 Å². The molecule has 2 heterocycles. The van der Waals surface area contributed by atoms with Gasteiger partial charge in [0.1, 0.15) is 15.9 Å². The van der Waals surface area contributed by atoms with Crippen molar-refractivity contribution in [2.45, 2.75) is 26.4 Å². The lowest BCUT2D eigenvalue weighted by atomic mass is 10.2. The molecule has 0 spiro atoms. The summed E-state index contributed by atoms with van der Waals surface area (Å²) in [7, 11) is 0. The number of rotatable bonds is 1. The van der Waals surface area contributed by atoms with Gasteiger partial charge in [0.15, 0.2) is 0 Å². The number of carbonyl (C=O) groups is 1. The Hall–Kier alpha value is -1.40. The van der Waals surface area contributed by atoms with Crippen molar-refractivity contribution in [2.24, 2.45) is 0 Å². The molecule has 18 heavy (non-hydrogen) atoms. The Labute approximate surface area is 113 Å². The molecule has 0 saturated heterocycles. The molecule has 5 nitrogen and oxygen atoms in total. The maximum absolute atomic E-state index is 11.6. The Morgan fingerprint density at radius 3 is 2.83 bits per heavy atom. The summed E-state index contributed by atoms with van der Waals surface area (Å²) in [5.74, 6) is 0. The number of aromatic nitrogens is 2. The zero-order valence-corrected chi connectivity index (χ0v) is 11.7. The number of halogens is 1. The number of nitrogens with zero attached hydrogens (tertiary/aromatic N) is 2. The molecule has 0 saturated carbocycles. The van der Waals surface area contributed by atoms with Gasteiger partial charge in [0.25, 0.3) is 0 Å². The Balaban J connectivity index is 2.21. The monoisotopic (exact) mass is 285 g/mol. The van der Waals surface area contributed by atoms with E-state index in [0.29, 0.717) is 16.2 Å². The van der Waals surface area contributed by atoms with Crippen molar-refractivity contribution in [1.29, 1.82) is 0 Å². The first-order valence-electron chi connectivity index (χ1n) is 5.24. The number of fused-ring (bicyclic) bond motifs is 1. The van der Waals surface area contributed by atoms with E-state index in [0.717, 1.165) is 4.83 Å². The van der Waals surface area contributed by atoms with Crippen LogP contribution in [0, 0.1) is 0 Å². The zero-order valence-electron chi connectivity index (χ0n) is 10.2. The van der Waals surface area contributed by atoms with Crippen LogP contribution in [0.5, 0.6) is 0 Å². The Morgan fingerprint density at radius 1 is 1.44 bits per heavy atom. The minimum atomic E-state index is -0.569. The number of anilines is 1. The lowest BCUT2D eigenvalue weighted by molar-refractivity contribution is 0.0636. The van der Waals surface area contributed by atoms with Crippen LogP contribution in [0.4, 0.5) is 10.5 Å². The molecule has 0 aromatic carbocycles. The van der Waals surface area contributed by atoms with E-state index < -0.39 is 11.7 Å². The van der Waals surface area contributed by atoms with E-state index >= 15 is 0 Å². The molecule has 1 N–H and O–H groups in total. The molecular weight excluding hydrogens is 274 g/mol. The van der Waals surface area contributed by atoms with E-state index in [4.69, 9.17) is 16.3 Å². The van der Waals surface area contributed by atoms with E-state index in [9.17, 15) is 4.79 Å². The fourth-order valence-electron chi connectivity index (χ4n) is 1.29. The van der Waals surface area contributed by atoms with E-state index in [-0.39, 0.29) is 0 Å². The molecule has 2 aromatic heterocycles. The first-order chi connectivity index (χ1) is 8.37. The van der Waals surface area contributed by atoms with Crippen LogP contribution < -0.4 is 5.32 Å². The van der Waals surface area contributed by atoms with Gasteiger partial charge in [-0.15, -0.1) is 11.3 Å². The summed E-state index contributed by atoms with van der Waals surface area (Å²) in [6.45, 7) is 5.36. The predicted molar refractivity (Wildman–Crippen MR) is 72.3 cm³/mol. The third-order valence-electron chi connectivity index (χ3n) is 1.94. The highest BCUT2D eigenvalue weighted by Gasteiger charge is 2.18. The summed E-state index contributed by atoms with van der Waals surface area (Å²) >= 11 is 7.52. The molecule has 0 aliphatic carbocycles. The highest BCUT2D eigenvalue weighted by atomic mass is 35.5. The number of hydrogen-bond acceptors (Lipinski definition) is 5. The second-order valence-electron chi connectivity index (χ2n) is 4.62. The van der Waals surface area contributed by atoms with Crippen LogP contribution in [0.1, 0.15) is 20.8 Å². The van der Waals surface area contributed by atoms with Crippen LogP contribution in [0.15, 0.2) is 11.7 Å². The lowest BCUT2D eigenvalue weighted by Crippen LogP contribution is -2.27. The van der Waals surface area contributed by atoms with E-state index in [1.54, 1.807) is 26.3 Å². The smallest absolute Gasteiger partial charge is 0.412 e. The molecule has 0 bridgehead atoms. The first-order valence-corrected chi connectivity index (χ1v) is 6.50. The Morgan fingerprint density at radius 2 is 2.17 bits per heavy atom. The molecule has 2 aromatic rings. The van der Waals surface area contributed by atoms with Crippen molar-refractivity contribution in [3.63, 3.8) is 0 Å². The molecule has 2 rings (SSSR count). The van der Waals surface area contributed by atoms with Gasteiger partial charge < -0.3 is 4.74 Å². The summed E-state index contributed by atoms with van der Waals surface area (Å²) in [6.07, 6.45) is 0.924. The number of hydrogen-bond donors (Lipinski definition) is 1. The van der Waals surface area contributed by atoms with Gasteiger partial charge in [-0.25, -0.2) is 14.8 Å². The maximum atomic E-state index is 11.6. The summed E-state index contributed by atoms with van der Waals surface area (Å²) in [5, 5.41) is 2.93. The van der Waals surface area contributed by atoms with Crippen LogP contribution in [0.25, 0.3) is 10.3 Å². The van der Waals surface area contributed by atoms with Crippen LogP contribution in [0.2, 0.25) is 5.02 Å². The number of amides is 1. The number of thiazole rings is 1. The van der Waals surface area contributed by atoms with Gasteiger partial charge in [0.05, 0.1) is 22.4 Å². The maximum Gasteiger partial charge on any atom is 0.412 e. The number of carbonyl (C=O) groups excluding carboxylic acids is 1. The highest BCUT2D eigenvalue weighted by Crippen LogP contribution is 2.30. The quantitative estimate of drug-likeness (QED) is 0.868. The molecule has 0 unspecified atom stereocenters. The zero-order chi connectivity index (χ0) is 13.3. The highest BCUT2D eigenvalue weighted by molar-refractivity contribution is 7.16. The second kappa shape index (κ2) is 4.70. The van der Waals surface area contributed by atoms with Crippen molar-refractivity contribution in [3.05, 3.63) is 16.7 Å². The van der Waals surface area contributed by atoms with Crippen LogP contribution in [0.3, 0.4) is 0 Å². The normalized spacial score (nSPS) is 11.6. The standard InChI is InChI=1S/C11H12ClN3O2S/c1-11(2,3)17-10(16)15-6-4-13-9-8(7(6)12)14-5-18-9/h4-5H,1-3H3,(H,15,16). The number of ether oxygens (including phenoxy) is 1. The molecule has 0 atom stereocenters. The first kappa shape index (κ1) is 13.0. The molecule has 0 fully saturated rings. The predicted octanol–water partition coefficient (Wildman–Crippen LogP) is 3.69. The minimum absolute atomic E-state index is 0.368. The van der Waals surface area contributed by atoms with Gasteiger partial charge in [-0.1, -0.05) is 11.6 Å². The molecular formula is C11H12ClN3O2S. The largest absolute Gasteiger partial charge is 0.444 e. The molecule has 0 aliphatic heterocycles. The van der Waals surface area contributed by atoms with Gasteiger partial charge in [0.2, 0.25) is 0 Å². The van der Waals surface area contributed by atoms with Crippen molar-refractivity contribution in [1.82, 2.24) is 9.97 Å². The molecule has 0 radical (unpaired) electrons. The summed E-state index contributed by atoms with van der Waals surface area (Å²) in [5.41, 5.74) is 2.06. The Kier molecular flexibility index (Phi) is 3.41. The Bertz CT molecular complexity index is 591. The van der Waals surface area contributed by atoms with E-state index in [1.807, 2.05) is 0 Å². The molecule has 96 valence electrons. The summed E-state index contributed by atoms with van der Waals surface area (Å²) in [4.78, 5) is 20.6. The van der Waals surface area contributed by atoms with Crippen molar-refractivity contribution in [2.75, 3.05) is 5.32 Å². The van der Waals surface area contributed by atoms with Gasteiger partial charge in [-0.05, 0) is 20.8 Å². The molecule has 1 amide bonds. The average molecular weight is 286 g/mol. The van der Waals surface area contributed by atoms with E-state index in [2.05, 4.69) is 15.3 Å². The summed E-state index contributed by atoms with van der Waals surface area (Å²) < 4.78 is 5.14. The van der Waals surface area contributed by atoms with E-state index in [1.165, 1.54) is 17.5 Å². The molecule has 7 heteroatoms. The summed E-state index contributed by atoms with van der Waals surface area (Å²) in [6, 6.07) is 0. The lowest BCUT2D eigenvalue weighted by Gasteiger charge is -2.19. The van der Waals surface area contributed by atoms with Gasteiger partial charge in [0, 0.05) is 0 Å². The SMILES string of the molecule is CC(C)(C)OC(=O)Nc1cnc2scnc2c1Cl. The van der Waals surface area contributed by atoms with Crippen molar-refractivity contribution < 1.29 is 9.53 Å². The van der Waals surface area contributed by atoms with Crippen LogP contribution >= 0.6 is 22.9 Å². The van der Waals surface area contributed by atoms with Gasteiger partial charge in [-0.3, -0.25) is 5.32 Å². The third-order valence-corrected chi connectivity index (χ3v) is 3.06. The average Bonchev–Trinajstić information content (AvgIpc) is 2.68. The van der Waals surface area contributed by atoms with Crippen LogP contribution in [-0.2, 0) is 4.74 Å². The fraction of sp³-hybridized carbons (Fsp3) is 0.364.